The lowest BCUT2D eigenvalue weighted by Gasteiger charge is -2.35. The van der Waals surface area contributed by atoms with E-state index in [1.54, 1.807) is 23.4 Å². The Morgan fingerprint density at radius 3 is 2.74 bits per heavy atom. The molecule has 0 atom stereocenters. The molecule has 1 saturated heterocycles. The summed E-state index contributed by atoms with van der Waals surface area (Å²) in [6.07, 6.45) is 8.35. The van der Waals surface area contributed by atoms with Gasteiger partial charge in [-0.3, -0.25) is 9.69 Å². The molecule has 2 aromatic heterocycles. The maximum atomic E-state index is 12.6. The molecular weight excluding hydrogens is 342 g/mol. The van der Waals surface area contributed by atoms with Crippen molar-refractivity contribution in [2.45, 2.75) is 19.3 Å². The minimum absolute atomic E-state index is 0.0725. The van der Waals surface area contributed by atoms with E-state index in [9.17, 15) is 4.79 Å². The Balaban J connectivity index is 1.28. The van der Waals surface area contributed by atoms with E-state index < -0.39 is 0 Å². The molecule has 0 N–H and O–H groups in total. The largest absolute Gasteiger partial charge is 0.358 e. The molecule has 1 aliphatic carbocycles. The fraction of sp³-hybridized carbons (Fsp3) is 0.579. The standard InChI is InChI=1S/C19H27N7O/c1-23(18-15-4-3-5-16(15)21-13-22-18)6-7-25-8-10-26(11-9-25)19(27)17-12-20-14-24(17)2/h12-14H,3-11H2,1-2H3. The van der Waals surface area contributed by atoms with Gasteiger partial charge in [0.05, 0.1) is 12.5 Å². The van der Waals surface area contributed by atoms with Crippen LogP contribution in [0.5, 0.6) is 0 Å². The van der Waals surface area contributed by atoms with Crippen LogP contribution in [-0.4, -0.2) is 81.5 Å². The highest BCUT2D eigenvalue weighted by atomic mass is 16.2. The fourth-order valence-corrected chi connectivity index (χ4v) is 3.97. The second-order valence-electron chi connectivity index (χ2n) is 7.42. The maximum Gasteiger partial charge on any atom is 0.272 e. The van der Waals surface area contributed by atoms with Gasteiger partial charge in [0.1, 0.15) is 17.8 Å². The molecule has 0 radical (unpaired) electrons. The van der Waals surface area contributed by atoms with Crippen LogP contribution in [0.1, 0.15) is 28.2 Å². The molecule has 27 heavy (non-hydrogen) atoms. The number of aryl methyl sites for hydroxylation is 2. The van der Waals surface area contributed by atoms with E-state index in [0.29, 0.717) is 5.69 Å². The number of rotatable bonds is 5. The first-order chi connectivity index (χ1) is 13.1. The molecule has 0 spiro atoms. The van der Waals surface area contributed by atoms with E-state index in [2.05, 4.69) is 31.8 Å². The molecule has 0 unspecified atom stereocenters. The van der Waals surface area contributed by atoms with Gasteiger partial charge >= 0.3 is 0 Å². The van der Waals surface area contributed by atoms with Crippen molar-refractivity contribution >= 4 is 11.7 Å². The predicted molar refractivity (Wildman–Crippen MR) is 103 cm³/mol. The van der Waals surface area contributed by atoms with E-state index in [1.165, 1.54) is 17.7 Å². The number of carbonyl (C=O) groups excluding carboxylic acids is 1. The number of imidazole rings is 1. The molecule has 144 valence electrons. The third kappa shape index (κ3) is 3.66. The van der Waals surface area contributed by atoms with Crippen molar-refractivity contribution in [3.8, 4) is 0 Å². The number of fused-ring (bicyclic) bond motifs is 1. The topological polar surface area (TPSA) is 70.4 Å². The van der Waals surface area contributed by atoms with Crippen LogP contribution in [0, 0.1) is 0 Å². The average molecular weight is 369 g/mol. The van der Waals surface area contributed by atoms with Gasteiger partial charge < -0.3 is 14.4 Å². The van der Waals surface area contributed by atoms with Gasteiger partial charge in [0.15, 0.2) is 0 Å². The summed E-state index contributed by atoms with van der Waals surface area (Å²) in [6.45, 7) is 5.23. The van der Waals surface area contributed by atoms with Crippen LogP contribution in [0.25, 0.3) is 0 Å². The Kier molecular flexibility index (Phi) is 5.07. The Hall–Kier alpha value is -2.48. The smallest absolute Gasteiger partial charge is 0.272 e. The minimum atomic E-state index is 0.0725. The Labute approximate surface area is 159 Å². The van der Waals surface area contributed by atoms with E-state index in [0.717, 1.165) is 57.9 Å². The van der Waals surface area contributed by atoms with Crippen LogP contribution in [-0.2, 0) is 19.9 Å². The van der Waals surface area contributed by atoms with Crippen LogP contribution in [0.2, 0.25) is 0 Å². The van der Waals surface area contributed by atoms with E-state index in [1.807, 2.05) is 11.9 Å². The first-order valence-corrected chi connectivity index (χ1v) is 9.65. The number of piperazine rings is 1. The maximum absolute atomic E-state index is 12.6. The highest BCUT2D eigenvalue weighted by Crippen LogP contribution is 2.27. The lowest BCUT2D eigenvalue weighted by Crippen LogP contribution is -2.50. The summed E-state index contributed by atoms with van der Waals surface area (Å²) in [7, 11) is 3.97. The van der Waals surface area contributed by atoms with Gasteiger partial charge in [-0.05, 0) is 19.3 Å². The first kappa shape index (κ1) is 17.9. The summed E-state index contributed by atoms with van der Waals surface area (Å²) in [5.41, 5.74) is 3.20. The van der Waals surface area contributed by atoms with Crippen molar-refractivity contribution in [3.63, 3.8) is 0 Å². The van der Waals surface area contributed by atoms with Gasteiger partial charge in [-0.15, -0.1) is 0 Å². The number of anilines is 1. The SMILES string of the molecule is CN(CCN1CCN(C(=O)c2cncn2C)CC1)c1ncnc2c1CCC2. The van der Waals surface area contributed by atoms with Crippen molar-refractivity contribution in [1.82, 2.24) is 29.3 Å². The Morgan fingerprint density at radius 1 is 1.19 bits per heavy atom. The van der Waals surface area contributed by atoms with Crippen LogP contribution >= 0.6 is 0 Å². The molecule has 4 rings (SSSR count). The Bertz CT molecular complexity index is 810. The molecule has 0 bridgehead atoms. The number of amides is 1. The van der Waals surface area contributed by atoms with Crippen LogP contribution in [0.3, 0.4) is 0 Å². The third-order valence-corrected chi connectivity index (χ3v) is 5.66. The second-order valence-corrected chi connectivity index (χ2v) is 7.42. The molecule has 1 fully saturated rings. The predicted octanol–water partition coefficient (Wildman–Crippen LogP) is 0.593. The quantitative estimate of drug-likeness (QED) is 0.768. The zero-order valence-electron chi connectivity index (χ0n) is 16.1. The van der Waals surface area contributed by atoms with Crippen molar-refractivity contribution in [3.05, 3.63) is 35.8 Å². The van der Waals surface area contributed by atoms with Crippen molar-refractivity contribution in [1.29, 1.82) is 0 Å². The molecule has 8 heteroatoms. The van der Waals surface area contributed by atoms with Crippen molar-refractivity contribution in [2.24, 2.45) is 7.05 Å². The van der Waals surface area contributed by atoms with Crippen molar-refractivity contribution < 1.29 is 4.79 Å². The molecule has 0 aromatic carbocycles. The Morgan fingerprint density at radius 2 is 2.00 bits per heavy atom. The van der Waals surface area contributed by atoms with E-state index in [-0.39, 0.29) is 5.91 Å². The van der Waals surface area contributed by atoms with E-state index >= 15 is 0 Å². The van der Waals surface area contributed by atoms with Crippen LogP contribution in [0.15, 0.2) is 18.9 Å². The average Bonchev–Trinajstić information content (AvgIpc) is 3.34. The summed E-state index contributed by atoms with van der Waals surface area (Å²) >= 11 is 0. The molecule has 0 saturated carbocycles. The van der Waals surface area contributed by atoms with Gasteiger partial charge in [-0.2, -0.15) is 0 Å². The number of aromatic nitrogens is 4. The van der Waals surface area contributed by atoms with Crippen LogP contribution in [0.4, 0.5) is 5.82 Å². The zero-order chi connectivity index (χ0) is 18.8. The summed E-state index contributed by atoms with van der Waals surface area (Å²) in [4.78, 5) is 32.1. The summed E-state index contributed by atoms with van der Waals surface area (Å²) in [5.74, 6) is 1.16. The molecule has 2 aromatic rings. The highest BCUT2D eigenvalue weighted by Gasteiger charge is 2.24. The number of carbonyl (C=O) groups is 1. The zero-order valence-corrected chi connectivity index (χ0v) is 16.1. The second kappa shape index (κ2) is 7.64. The molecule has 1 aliphatic heterocycles. The third-order valence-electron chi connectivity index (χ3n) is 5.66. The number of likely N-dealkylation sites (N-methyl/N-ethyl adjacent to an activating group) is 1. The summed E-state index contributed by atoms with van der Waals surface area (Å²) < 4.78 is 1.78. The molecule has 2 aliphatic rings. The van der Waals surface area contributed by atoms with Gasteiger partial charge in [0, 0.05) is 64.6 Å². The number of hydrogen-bond donors (Lipinski definition) is 0. The highest BCUT2D eigenvalue weighted by molar-refractivity contribution is 5.92. The van der Waals surface area contributed by atoms with Gasteiger partial charge in [0.25, 0.3) is 5.91 Å². The first-order valence-electron chi connectivity index (χ1n) is 9.65. The molecule has 8 nitrogen and oxygen atoms in total. The van der Waals surface area contributed by atoms with Gasteiger partial charge in [-0.1, -0.05) is 0 Å². The summed E-state index contributed by atoms with van der Waals surface area (Å²) in [5, 5.41) is 0. The fourth-order valence-electron chi connectivity index (χ4n) is 3.97. The molecule has 3 heterocycles. The molecule has 1 amide bonds. The van der Waals surface area contributed by atoms with Crippen LogP contribution < -0.4 is 4.90 Å². The summed E-state index contributed by atoms with van der Waals surface area (Å²) in [6, 6.07) is 0. The molecular formula is C19H27N7O. The van der Waals surface area contributed by atoms with Gasteiger partial charge in [0.2, 0.25) is 0 Å². The number of hydrogen-bond acceptors (Lipinski definition) is 6. The minimum Gasteiger partial charge on any atom is -0.358 e. The van der Waals surface area contributed by atoms with E-state index in [4.69, 9.17) is 0 Å². The number of nitrogens with zero attached hydrogens (tertiary/aromatic N) is 7. The lowest BCUT2D eigenvalue weighted by atomic mass is 10.2. The van der Waals surface area contributed by atoms with Gasteiger partial charge in [-0.25, -0.2) is 15.0 Å². The van der Waals surface area contributed by atoms with Crippen molar-refractivity contribution in [2.75, 3.05) is 51.2 Å². The normalized spacial score (nSPS) is 17.2. The monoisotopic (exact) mass is 369 g/mol. The lowest BCUT2D eigenvalue weighted by molar-refractivity contribution is 0.0631.